The molecule has 0 saturated carbocycles. The molecule has 2 amide bonds. The molecule has 0 aromatic heterocycles. The molecule has 0 N–H and O–H groups in total. The number of rotatable bonds is 7. The van der Waals surface area contributed by atoms with Gasteiger partial charge >= 0.3 is 0 Å². The number of carbonyl (C=O) groups is 2. The van der Waals surface area contributed by atoms with E-state index in [0.29, 0.717) is 30.3 Å². The van der Waals surface area contributed by atoms with Crippen molar-refractivity contribution in [1.29, 1.82) is 0 Å². The first-order valence-corrected chi connectivity index (χ1v) is 13.3. The summed E-state index contributed by atoms with van der Waals surface area (Å²) in [5, 5.41) is -0.255. The van der Waals surface area contributed by atoms with Crippen molar-refractivity contribution in [1.82, 2.24) is 9.80 Å². The van der Waals surface area contributed by atoms with Gasteiger partial charge in [0.05, 0.1) is 21.3 Å². The monoisotopic (exact) mass is 513 g/mol. The summed E-state index contributed by atoms with van der Waals surface area (Å²) in [6, 6.07) is 13.2. The van der Waals surface area contributed by atoms with Gasteiger partial charge in [0.1, 0.15) is 17.2 Å². The molecule has 2 fully saturated rings. The Kier molecular flexibility index (Phi) is 8.18. The number of amides is 2. The number of benzene rings is 2. The summed E-state index contributed by atoms with van der Waals surface area (Å²) < 4.78 is 16.1. The van der Waals surface area contributed by atoms with Crippen LogP contribution in [0.15, 0.2) is 42.5 Å². The lowest BCUT2D eigenvalue weighted by atomic mass is 10.1. The van der Waals surface area contributed by atoms with Crippen LogP contribution in [0.25, 0.3) is 0 Å². The number of nitrogens with zero attached hydrogens (tertiary/aromatic N) is 3. The van der Waals surface area contributed by atoms with E-state index in [1.807, 2.05) is 61.2 Å². The number of piperazine rings is 1. The lowest BCUT2D eigenvalue weighted by Gasteiger charge is -2.39. The molecule has 4 rings (SSSR count). The van der Waals surface area contributed by atoms with Crippen LogP contribution in [0, 0.1) is 5.92 Å². The molecular weight excluding hydrogens is 478 g/mol. The van der Waals surface area contributed by atoms with Gasteiger partial charge in [-0.3, -0.25) is 9.59 Å². The maximum atomic E-state index is 13.7. The molecule has 8 nitrogen and oxygen atoms in total. The van der Waals surface area contributed by atoms with E-state index in [4.69, 9.17) is 14.2 Å². The quantitative estimate of drug-likeness (QED) is 0.560. The summed E-state index contributed by atoms with van der Waals surface area (Å²) in [4.78, 5) is 33.0. The van der Waals surface area contributed by atoms with E-state index in [0.717, 1.165) is 30.1 Å². The molecule has 9 heteroatoms. The molecule has 2 aliphatic rings. The average molecular weight is 514 g/mol. The molecule has 2 heterocycles. The predicted octanol–water partition coefficient (Wildman–Crippen LogP) is 3.66. The second-order valence-electron chi connectivity index (χ2n) is 9.23. The zero-order chi connectivity index (χ0) is 25.8. The van der Waals surface area contributed by atoms with Crippen molar-refractivity contribution >= 4 is 29.3 Å². The normalized spacial score (nSPS) is 20.0. The molecule has 2 aliphatic heterocycles. The molecule has 2 aromatic carbocycles. The van der Waals surface area contributed by atoms with Crippen LogP contribution in [0.2, 0.25) is 0 Å². The van der Waals surface area contributed by atoms with E-state index < -0.39 is 6.04 Å². The van der Waals surface area contributed by atoms with Gasteiger partial charge in [0, 0.05) is 43.5 Å². The zero-order valence-electron chi connectivity index (χ0n) is 21.6. The van der Waals surface area contributed by atoms with Gasteiger partial charge in [0.2, 0.25) is 11.8 Å². The summed E-state index contributed by atoms with van der Waals surface area (Å²) in [6.07, 6.45) is 0. The molecule has 0 radical (unpaired) electrons. The van der Waals surface area contributed by atoms with E-state index in [2.05, 4.69) is 4.90 Å². The number of carbonyl (C=O) groups excluding carboxylic acids is 2. The number of anilines is 1. The highest BCUT2D eigenvalue weighted by Gasteiger charge is 2.44. The van der Waals surface area contributed by atoms with E-state index in [1.165, 1.54) is 0 Å². The zero-order valence-corrected chi connectivity index (χ0v) is 22.4. The van der Waals surface area contributed by atoms with Gasteiger partial charge in [-0.15, -0.1) is 11.8 Å². The third-order valence-electron chi connectivity index (χ3n) is 6.76. The fourth-order valence-corrected chi connectivity index (χ4v) is 6.13. The fraction of sp³-hybridized carbons (Fsp3) is 0.481. The molecule has 2 aromatic rings. The standard InChI is InChI=1S/C27H35N3O5S/c1-18(2)25(31)30-22(17-36-27(30)19-6-11-23(34-4)24(16-19)35-5)26(32)29-14-12-28(13-15-29)20-7-9-21(33-3)10-8-20/h6-11,16,18,22,27H,12-15,17H2,1-5H3. The topological polar surface area (TPSA) is 71.6 Å². The highest BCUT2D eigenvalue weighted by molar-refractivity contribution is 7.99. The van der Waals surface area contributed by atoms with Crippen LogP contribution >= 0.6 is 11.8 Å². The van der Waals surface area contributed by atoms with Crippen LogP contribution in [0.3, 0.4) is 0 Å². The second kappa shape index (κ2) is 11.3. The Morgan fingerprint density at radius 3 is 2.14 bits per heavy atom. The molecule has 2 atom stereocenters. The third kappa shape index (κ3) is 5.21. The van der Waals surface area contributed by atoms with Crippen molar-refractivity contribution in [3.63, 3.8) is 0 Å². The minimum Gasteiger partial charge on any atom is -0.497 e. The van der Waals surface area contributed by atoms with Crippen molar-refractivity contribution in [3.8, 4) is 17.2 Å². The summed E-state index contributed by atoms with van der Waals surface area (Å²) in [5.41, 5.74) is 2.04. The highest BCUT2D eigenvalue weighted by atomic mass is 32.2. The fourth-order valence-electron chi connectivity index (χ4n) is 4.72. The molecular formula is C27H35N3O5S. The van der Waals surface area contributed by atoms with Crippen LogP contribution in [-0.4, -0.2) is 80.9 Å². The first-order chi connectivity index (χ1) is 17.4. The number of hydrogen-bond acceptors (Lipinski definition) is 7. The third-order valence-corrected chi connectivity index (χ3v) is 8.08. The summed E-state index contributed by atoms with van der Waals surface area (Å²) in [7, 11) is 4.85. The van der Waals surface area contributed by atoms with Crippen molar-refractivity contribution in [2.45, 2.75) is 25.3 Å². The number of hydrogen-bond donors (Lipinski definition) is 0. The summed E-state index contributed by atoms with van der Waals surface area (Å²) in [6.45, 7) is 6.50. The van der Waals surface area contributed by atoms with E-state index >= 15 is 0 Å². The van der Waals surface area contributed by atoms with Gasteiger partial charge in [0.25, 0.3) is 0 Å². The second-order valence-corrected chi connectivity index (χ2v) is 10.3. The maximum Gasteiger partial charge on any atom is 0.246 e. The molecule has 194 valence electrons. The van der Waals surface area contributed by atoms with Crippen LogP contribution in [0.1, 0.15) is 24.8 Å². The van der Waals surface area contributed by atoms with Crippen molar-refractivity contribution < 1.29 is 23.8 Å². The Morgan fingerprint density at radius 2 is 1.56 bits per heavy atom. The van der Waals surface area contributed by atoms with Crippen molar-refractivity contribution in [2.75, 3.05) is 58.2 Å². The number of thioether (sulfide) groups is 1. The largest absolute Gasteiger partial charge is 0.497 e. The van der Waals surface area contributed by atoms with Gasteiger partial charge in [-0.2, -0.15) is 0 Å². The van der Waals surface area contributed by atoms with Crippen LogP contribution < -0.4 is 19.1 Å². The van der Waals surface area contributed by atoms with Crippen LogP contribution in [0.4, 0.5) is 5.69 Å². The van der Waals surface area contributed by atoms with Gasteiger partial charge in [-0.1, -0.05) is 19.9 Å². The average Bonchev–Trinajstić information content (AvgIpc) is 3.37. The Hall–Kier alpha value is -3.07. The van der Waals surface area contributed by atoms with E-state index in [9.17, 15) is 9.59 Å². The Bertz CT molecular complexity index is 1070. The lowest BCUT2D eigenvalue weighted by Crippen LogP contribution is -2.55. The molecule has 2 saturated heterocycles. The van der Waals surface area contributed by atoms with Crippen molar-refractivity contribution in [2.24, 2.45) is 5.92 Å². The summed E-state index contributed by atoms with van der Waals surface area (Å²) >= 11 is 1.62. The first-order valence-electron chi connectivity index (χ1n) is 12.2. The Labute approximate surface area is 217 Å². The van der Waals surface area contributed by atoms with Gasteiger partial charge in [-0.05, 0) is 42.0 Å². The van der Waals surface area contributed by atoms with Crippen molar-refractivity contribution in [3.05, 3.63) is 48.0 Å². The van der Waals surface area contributed by atoms with Gasteiger partial charge < -0.3 is 28.9 Å². The minimum atomic E-state index is -0.490. The maximum absolute atomic E-state index is 13.7. The number of methoxy groups -OCH3 is 3. The Morgan fingerprint density at radius 1 is 0.889 bits per heavy atom. The van der Waals surface area contributed by atoms with E-state index in [-0.39, 0.29) is 23.1 Å². The molecule has 2 unspecified atom stereocenters. The van der Waals surface area contributed by atoms with Crippen LogP contribution in [0.5, 0.6) is 17.2 Å². The van der Waals surface area contributed by atoms with E-state index in [1.54, 1.807) is 38.0 Å². The number of ether oxygens (including phenoxy) is 3. The molecule has 36 heavy (non-hydrogen) atoms. The first kappa shape index (κ1) is 26.0. The highest BCUT2D eigenvalue weighted by Crippen LogP contribution is 2.44. The molecule has 0 spiro atoms. The minimum absolute atomic E-state index is 0.0185. The molecule has 0 aliphatic carbocycles. The smallest absolute Gasteiger partial charge is 0.246 e. The lowest BCUT2D eigenvalue weighted by molar-refractivity contribution is -0.146. The Balaban J connectivity index is 1.49. The van der Waals surface area contributed by atoms with Gasteiger partial charge in [0.15, 0.2) is 11.5 Å². The van der Waals surface area contributed by atoms with Crippen LogP contribution in [-0.2, 0) is 9.59 Å². The summed E-state index contributed by atoms with van der Waals surface area (Å²) in [5.74, 6) is 2.42. The predicted molar refractivity (Wildman–Crippen MR) is 142 cm³/mol. The SMILES string of the molecule is COc1ccc(N2CCN(C(=O)C3CSC(c4ccc(OC)c(OC)c4)N3C(=O)C(C)C)CC2)cc1. The van der Waals surface area contributed by atoms with Gasteiger partial charge in [-0.25, -0.2) is 0 Å². The molecule has 0 bridgehead atoms.